The second kappa shape index (κ2) is 5.30. The summed E-state index contributed by atoms with van der Waals surface area (Å²) in [7, 11) is 0. The summed E-state index contributed by atoms with van der Waals surface area (Å²) < 4.78 is 1.11. The molecule has 96 valence electrons. The van der Waals surface area contributed by atoms with Crippen LogP contribution in [0, 0.1) is 11.8 Å². The molecule has 0 aliphatic heterocycles. The fourth-order valence-electron chi connectivity index (χ4n) is 3.33. The maximum Gasteiger partial charge on any atom is 0.162 e. The first-order valence-electron chi connectivity index (χ1n) is 6.73. The number of halogens is 1. The Balaban J connectivity index is 1.75. The monoisotopic (exact) mass is 324 g/mol. The molecule has 3 rings (SSSR count). The predicted octanol–water partition coefficient (Wildman–Crippen LogP) is 5.06. The van der Waals surface area contributed by atoms with Gasteiger partial charge in [0.1, 0.15) is 0 Å². The highest BCUT2D eigenvalue weighted by Crippen LogP contribution is 2.41. The summed E-state index contributed by atoms with van der Waals surface area (Å²) in [4.78, 5) is 13.6. The van der Waals surface area contributed by atoms with Gasteiger partial charge in [0.2, 0.25) is 0 Å². The van der Waals surface area contributed by atoms with Crippen LogP contribution in [0.2, 0.25) is 0 Å². The molecule has 0 N–H and O–H groups in total. The van der Waals surface area contributed by atoms with E-state index in [0.717, 1.165) is 22.9 Å². The van der Waals surface area contributed by atoms with Gasteiger partial charge in [-0.2, -0.15) is 0 Å². The van der Waals surface area contributed by atoms with E-state index in [1.807, 2.05) is 0 Å². The van der Waals surface area contributed by atoms with Gasteiger partial charge in [0.15, 0.2) is 5.78 Å². The highest BCUT2D eigenvalue weighted by Gasteiger charge is 2.36. The van der Waals surface area contributed by atoms with Crippen LogP contribution in [0.15, 0.2) is 21.5 Å². The van der Waals surface area contributed by atoms with Crippen molar-refractivity contribution in [2.45, 2.75) is 38.5 Å². The molecule has 18 heavy (non-hydrogen) atoms. The van der Waals surface area contributed by atoms with Crippen LogP contribution in [-0.2, 0) is 4.79 Å². The van der Waals surface area contributed by atoms with Crippen LogP contribution >= 0.6 is 27.3 Å². The van der Waals surface area contributed by atoms with Crippen LogP contribution in [0.25, 0.3) is 6.08 Å². The Morgan fingerprint density at radius 3 is 2.72 bits per heavy atom. The molecule has 2 aliphatic rings. The minimum atomic E-state index is 0.335. The molecule has 0 aromatic carbocycles. The number of carbonyl (C=O) groups is 1. The molecule has 3 heteroatoms. The molecule has 0 saturated heterocycles. The molecule has 1 nitrogen and oxygen atoms in total. The van der Waals surface area contributed by atoms with E-state index in [4.69, 9.17) is 0 Å². The molecule has 2 fully saturated rings. The highest BCUT2D eigenvalue weighted by molar-refractivity contribution is 9.10. The van der Waals surface area contributed by atoms with Gasteiger partial charge >= 0.3 is 0 Å². The van der Waals surface area contributed by atoms with Crippen molar-refractivity contribution in [1.82, 2.24) is 0 Å². The lowest BCUT2D eigenvalue weighted by Gasteiger charge is -2.15. The average Bonchev–Trinajstić information content (AvgIpc) is 3.04. The number of rotatable bonds is 2. The first-order valence-corrected chi connectivity index (χ1v) is 8.40. The molecule has 1 atom stereocenters. The Morgan fingerprint density at radius 2 is 2.06 bits per heavy atom. The van der Waals surface area contributed by atoms with Crippen molar-refractivity contribution < 1.29 is 4.79 Å². The lowest BCUT2D eigenvalue weighted by molar-refractivity contribution is -0.119. The lowest BCUT2D eigenvalue weighted by atomic mass is 9.88. The number of thiophene rings is 1. The quantitative estimate of drug-likeness (QED) is 0.694. The summed E-state index contributed by atoms with van der Waals surface area (Å²) in [6.45, 7) is 0. The Hall–Kier alpha value is -0.410. The molecule has 1 aromatic rings. The molecule has 0 spiro atoms. The molecular weight excluding hydrogens is 308 g/mol. The summed E-state index contributed by atoms with van der Waals surface area (Å²) in [6, 6.07) is 2.09. The van der Waals surface area contributed by atoms with E-state index < -0.39 is 0 Å². The Labute approximate surface area is 120 Å². The van der Waals surface area contributed by atoms with Gasteiger partial charge in [-0.3, -0.25) is 4.79 Å². The number of hydrogen-bond donors (Lipinski definition) is 0. The second-order valence-corrected chi connectivity index (χ2v) is 7.25. The van der Waals surface area contributed by atoms with Crippen LogP contribution in [0.3, 0.4) is 0 Å². The topological polar surface area (TPSA) is 17.1 Å². The van der Waals surface area contributed by atoms with Gasteiger partial charge in [0.25, 0.3) is 0 Å². The van der Waals surface area contributed by atoms with Crippen molar-refractivity contribution in [2.75, 3.05) is 0 Å². The average molecular weight is 325 g/mol. The summed E-state index contributed by atoms with van der Waals surface area (Å²) in [6.07, 6.45) is 9.36. The van der Waals surface area contributed by atoms with E-state index >= 15 is 0 Å². The SMILES string of the molecule is O=C1/C(=C/c2cc(Br)cs2)CCC1C1CCCC1. The van der Waals surface area contributed by atoms with Gasteiger partial charge in [-0.05, 0) is 65.2 Å². The minimum absolute atomic E-state index is 0.335. The van der Waals surface area contributed by atoms with Crippen molar-refractivity contribution in [3.63, 3.8) is 0 Å². The van der Waals surface area contributed by atoms with Crippen molar-refractivity contribution >= 4 is 39.1 Å². The molecule has 2 aliphatic carbocycles. The zero-order valence-corrected chi connectivity index (χ0v) is 12.7. The second-order valence-electron chi connectivity index (χ2n) is 5.39. The van der Waals surface area contributed by atoms with Crippen molar-refractivity contribution in [3.8, 4) is 0 Å². The zero-order chi connectivity index (χ0) is 12.5. The number of hydrogen-bond acceptors (Lipinski definition) is 2. The van der Waals surface area contributed by atoms with E-state index in [1.165, 1.54) is 30.6 Å². The number of Topliss-reactive ketones (excluding diaryl/α,β-unsaturated/α-hetero) is 1. The molecular formula is C15H17BrOS. The van der Waals surface area contributed by atoms with Crippen LogP contribution in [0.1, 0.15) is 43.4 Å². The summed E-state index contributed by atoms with van der Waals surface area (Å²) in [5.41, 5.74) is 1.06. The third kappa shape index (κ3) is 2.48. The number of ketones is 1. The van der Waals surface area contributed by atoms with E-state index in [2.05, 4.69) is 33.5 Å². The maximum atomic E-state index is 12.4. The van der Waals surface area contributed by atoms with Gasteiger partial charge in [-0.15, -0.1) is 11.3 Å². The van der Waals surface area contributed by atoms with E-state index in [0.29, 0.717) is 17.6 Å². The smallest absolute Gasteiger partial charge is 0.162 e. The van der Waals surface area contributed by atoms with E-state index in [-0.39, 0.29) is 0 Å². The normalized spacial score (nSPS) is 27.5. The summed E-state index contributed by atoms with van der Waals surface area (Å²) in [5, 5.41) is 2.07. The third-order valence-corrected chi connectivity index (χ3v) is 5.89. The van der Waals surface area contributed by atoms with Gasteiger partial charge in [-0.25, -0.2) is 0 Å². The number of allylic oxidation sites excluding steroid dienone is 1. The van der Waals surface area contributed by atoms with Crippen LogP contribution < -0.4 is 0 Å². The third-order valence-electron chi connectivity index (χ3n) is 4.25. The lowest BCUT2D eigenvalue weighted by Crippen LogP contribution is -2.16. The minimum Gasteiger partial charge on any atom is -0.294 e. The van der Waals surface area contributed by atoms with Crippen molar-refractivity contribution in [1.29, 1.82) is 0 Å². The van der Waals surface area contributed by atoms with Gasteiger partial charge in [0.05, 0.1) is 0 Å². The first kappa shape index (κ1) is 12.6. The Bertz CT molecular complexity index is 482. The van der Waals surface area contributed by atoms with Crippen molar-refractivity contribution in [3.05, 3.63) is 26.4 Å². The van der Waals surface area contributed by atoms with Gasteiger partial charge in [0, 0.05) is 20.6 Å². The molecule has 1 heterocycles. The predicted molar refractivity (Wildman–Crippen MR) is 79.7 cm³/mol. The largest absolute Gasteiger partial charge is 0.294 e. The van der Waals surface area contributed by atoms with Crippen molar-refractivity contribution in [2.24, 2.45) is 11.8 Å². The number of carbonyl (C=O) groups excluding carboxylic acids is 1. The molecule has 1 aromatic heterocycles. The fourth-order valence-corrected chi connectivity index (χ4v) is 4.73. The van der Waals surface area contributed by atoms with Gasteiger partial charge in [-0.1, -0.05) is 12.8 Å². The Morgan fingerprint density at radius 1 is 1.28 bits per heavy atom. The standard InChI is InChI=1S/C15H17BrOS/c16-12-8-13(18-9-12)7-11-5-6-14(15(11)17)10-3-1-2-4-10/h7-10,14H,1-6H2/b11-7+. The zero-order valence-electron chi connectivity index (χ0n) is 10.3. The molecule has 2 saturated carbocycles. The van der Waals surface area contributed by atoms with E-state index in [1.54, 1.807) is 11.3 Å². The van der Waals surface area contributed by atoms with E-state index in [9.17, 15) is 4.79 Å². The molecule has 1 unspecified atom stereocenters. The Kier molecular flexibility index (Phi) is 3.71. The summed E-state index contributed by atoms with van der Waals surface area (Å²) in [5.74, 6) is 1.45. The summed E-state index contributed by atoms with van der Waals surface area (Å²) >= 11 is 5.16. The fraction of sp³-hybridized carbons (Fsp3) is 0.533. The first-order chi connectivity index (χ1) is 8.74. The van der Waals surface area contributed by atoms with Crippen LogP contribution in [-0.4, -0.2) is 5.78 Å². The highest BCUT2D eigenvalue weighted by atomic mass is 79.9. The molecule has 0 radical (unpaired) electrons. The molecule has 0 bridgehead atoms. The van der Waals surface area contributed by atoms with Crippen LogP contribution in [0.4, 0.5) is 0 Å². The van der Waals surface area contributed by atoms with Crippen LogP contribution in [0.5, 0.6) is 0 Å². The van der Waals surface area contributed by atoms with Gasteiger partial charge < -0.3 is 0 Å². The maximum absolute atomic E-state index is 12.4. The molecule has 0 amide bonds.